The zero-order valence-corrected chi connectivity index (χ0v) is 9.74. The first-order chi connectivity index (χ1) is 8.75. The number of aryl methyl sites for hydroxylation is 1. The Morgan fingerprint density at radius 3 is 2.89 bits per heavy atom. The van der Waals surface area contributed by atoms with Crippen LogP contribution in [-0.2, 0) is 0 Å². The summed E-state index contributed by atoms with van der Waals surface area (Å²) in [5.74, 6) is 1.90. The second-order valence-corrected chi connectivity index (χ2v) is 3.82. The largest absolute Gasteiger partial charge is 0.469 e. The van der Waals surface area contributed by atoms with Crippen molar-refractivity contribution in [2.45, 2.75) is 6.92 Å². The first-order valence-corrected chi connectivity index (χ1v) is 5.42. The second kappa shape index (κ2) is 3.99. The predicted octanol–water partition coefficient (Wildman–Crippen LogP) is 1.81. The molecular weight excluding hydrogens is 230 g/mol. The number of nitrogens with two attached hydrogens (primary N) is 1. The molecule has 0 spiro atoms. The highest BCUT2D eigenvalue weighted by atomic mass is 16.3. The molecule has 2 N–H and O–H groups in total. The number of furan rings is 1. The molecule has 3 aromatic heterocycles. The summed E-state index contributed by atoms with van der Waals surface area (Å²) < 4.78 is 6.81. The summed E-state index contributed by atoms with van der Waals surface area (Å²) in [6, 6.07) is 3.64. The molecule has 6 nitrogen and oxygen atoms in total. The average molecular weight is 241 g/mol. The van der Waals surface area contributed by atoms with Crippen LogP contribution in [0.1, 0.15) is 5.76 Å². The van der Waals surface area contributed by atoms with Crippen molar-refractivity contribution in [3.8, 4) is 17.1 Å². The zero-order valence-electron chi connectivity index (χ0n) is 9.74. The molecular formula is C12H11N5O. The molecule has 0 atom stereocenters. The third kappa shape index (κ3) is 1.64. The third-order valence-electron chi connectivity index (χ3n) is 2.64. The summed E-state index contributed by atoms with van der Waals surface area (Å²) in [5.41, 5.74) is 7.61. The van der Waals surface area contributed by atoms with Gasteiger partial charge in [0, 0.05) is 24.0 Å². The minimum atomic E-state index is 0.506. The maximum Gasteiger partial charge on any atom is 0.174 e. The van der Waals surface area contributed by atoms with Crippen LogP contribution >= 0.6 is 0 Å². The van der Waals surface area contributed by atoms with Crippen LogP contribution in [0.2, 0.25) is 0 Å². The van der Waals surface area contributed by atoms with Crippen LogP contribution < -0.4 is 5.73 Å². The first kappa shape index (κ1) is 10.5. The van der Waals surface area contributed by atoms with Gasteiger partial charge >= 0.3 is 0 Å². The van der Waals surface area contributed by atoms with E-state index in [1.807, 2.05) is 13.0 Å². The monoisotopic (exact) mass is 241 g/mol. The molecule has 0 bridgehead atoms. The van der Waals surface area contributed by atoms with Gasteiger partial charge in [0.1, 0.15) is 11.6 Å². The van der Waals surface area contributed by atoms with Crippen molar-refractivity contribution in [3.05, 3.63) is 42.7 Å². The highest BCUT2D eigenvalue weighted by Gasteiger charge is 2.12. The van der Waals surface area contributed by atoms with E-state index in [-0.39, 0.29) is 0 Å². The Morgan fingerprint density at radius 1 is 1.33 bits per heavy atom. The van der Waals surface area contributed by atoms with Gasteiger partial charge in [0.05, 0.1) is 18.2 Å². The molecule has 0 aliphatic rings. The molecule has 90 valence electrons. The number of hydrogen-bond donors (Lipinski definition) is 1. The molecule has 0 saturated carbocycles. The van der Waals surface area contributed by atoms with E-state index in [1.54, 1.807) is 35.6 Å². The van der Waals surface area contributed by atoms with Gasteiger partial charge in [-0.05, 0) is 13.0 Å². The summed E-state index contributed by atoms with van der Waals surface area (Å²) in [4.78, 5) is 8.16. The van der Waals surface area contributed by atoms with E-state index in [1.165, 1.54) is 0 Å². The Hall–Kier alpha value is -2.63. The van der Waals surface area contributed by atoms with Gasteiger partial charge in [0.2, 0.25) is 0 Å². The van der Waals surface area contributed by atoms with E-state index in [2.05, 4.69) is 15.1 Å². The Bertz CT molecular complexity index is 671. The third-order valence-corrected chi connectivity index (χ3v) is 2.64. The fourth-order valence-corrected chi connectivity index (χ4v) is 1.76. The molecule has 0 saturated heterocycles. The maximum atomic E-state index is 5.93. The lowest BCUT2D eigenvalue weighted by Crippen LogP contribution is -2.03. The van der Waals surface area contributed by atoms with E-state index in [0.29, 0.717) is 11.6 Å². The summed E-state index contributed by atoms with van der Waals surface area (Å²) in [6.07, 6.45) is 6.43. The summed E-state index contributed by atoms with van der Waals surface area (Å²) in [6.45, 7) is 1.88. The minimum absolute atomic E-state index is 0.506. The highest BCUT2D eigenvalue weighted by molar-refractivity contribution is 5.64. The van der Waals surface area contributed by atoms with Crippen LogP contribution in [0.15, 0.2) is 41.4 Å². The van der Waals surface area contributed by atoms with Crippen molar-refractivity contribution in [1.82, 2.24) is 19.7 Å². The second-order valence-electron chi connectivity index (χ2n) is 3.82. The van der Waals surface area contributed by atoms with Crippen LogP contribution in [0.3, 0.4) is 0 Å². The molecule has 18 heavy (non-hydrogen) atoms. The lowest BCUT2D eigenvalue weighted by molar-refractivity contribution is 0.535. The fourth-order valence-electron chi connectivity index (χ4n) is 1.76. The zero-order chi connectivity index (χ0) is 12.5. The number of nitrogen functional groups attached to an aromatic ring is 1. The molecule has 3 aromatic rings. The quantitative estimate of drug-likeness (QED) is 0.739. The number of nitrogens with zero attached hydrogens (tertiary/aromatic N) is 4. The molecule has 0 unspecified atom stereocenters. The molecule has 6 heteroatoms. The highest BCUT2D eigenvalue weighted by Crippen LogP contribution is 2.25. The number of anilines is 1. The average Bonchev–Trinajstić information content (AvgIpc) is 2.96. The van der Waals surface area contributed by atoms with Gasteiger partial charge in [0.25, 0.3) is 0 Å². The number of aromatic nitrogens is 4. The Kier molecular flexibility index (Phi) is 2.33. The molecule has 3 heterocycles. The van der Waals surface area contributed by atoms with E-state index >= 15 is 0 Å². The molecule has 0 fully saturated rings. The van der Waals surface area contributed by atoms with Crippen LogP contribution in [0.4, 0.5) is 5.82 Å². The van der Waals surface area contributed by atoms with Crippen LogP contribution in [0.25, 0.3) is 17.1 Å². The Morgan fingerprint density at radius 2 is 2.22 bits per heavy atom. The lowest BCUT2D eigenvalue weighted by atomic mass is 10.2. The topological polar surface area (TPSA) is 82.8 Å². The van der Waals surface area contributed by atoms with Gasteiger partial charge < -0.3 is 10.2 Å². The van der Waals surface area contributed by atoms with Crippen molar-refractivity contribution in [1.29, 1.82) is 0 Å². The normalized spacial score (nSPS) is 10.7. The minimum Gasteiger partial charge on any atom is -0.469 e. The van der Waals surface area contributed by atoms with Crippen molar-refractivity contribution >= 4 is 5.82 Å². The molecule has 0 aliphatic carbocycles. The number of rotatable bonds is 2. The van der Waals surface area contributed by atoms with Gasteiger partial charge in [-0.15, -0.1) is 0 Å². The van der Waals surface area contributed by atoms with Crippen molar-refractivity contribution < 1.29 is 4.42 Å². The predicted molar refractivity (Wildman–Crippen MR) is 66.0 cm³/mol. The summed E-state index contributed by atoms with van der Waals surface area (Å²) >= 11 is 0. The SMILES string of the molecule is Cc1occc1-c1cc(N)n(-c2cnccn2)n1. The van der Waals surface area contributed by atoms with Crippen molar-refractivity contribution in [2.75, 3.05) is 5.73 Å². The summed E-state index contributed by atoms with van der Waals surface area (Å²) in [7, 11) is 0. The molecule has 0 aliphatic heterocycles. The van der Waals surface area contributed by atoms with E-state index < -0.39 is 0 Å². The van der Waals surface area contributed by atoms with Crippen molar-refractivity contribution in [2.24, 2.45) is 0 Å². The number of hydrogen-bond acceptors (Lipinski definition) is 5. The fraction of sp³-hybridized carbons (Fsp3) is 0.0833. The maximum absolute atomic E-state index is 5.93. The van der Waals surface area contributed by atoms with Gasteiger partial charge in [-0.25, -0.2) is 4.98 Å². The molecule has 0 radical (unpaired) electrons. The van der Waals surface area contributed by atoms with E-state index in [9.17, 15) is 0 Å². The standard InChI is InChI=1S/C12H11N5O/c1-8-9(2-5-18-8)10-6-11(13)17(16-10)12-7-14-3-4-15-12/h2-7H,13H2,1H3. The van der Waals surface area contributed by atoms with Crippen LogP contribution in [0.5, 0.6) is 0 Å². The molecule has 0 aromatic carbocycles. The van der Waals surface area contributed by atoms with E-state index in [0.717, 1.165) is 17.0 Å². The summed E-state index contributed by atoms with van der Waals surface area (Å²) in [5, 5.41) is 4.41. The van der Waals surface area contributed by atoms with Crippen LogP contribution in [0, 0.1) is 6.92 Å². The van der Waals surface area contributed by atoms with Gasteiger partial charge in [0.15, 0.2) is 5.82 Å². The van der Waals surface area contributed by atoms with Crippen LogP contribution in [-0.4, -0.2) is 19.7 Å². The smallest absolute Gasteiger partial charge is 0.174 e. The van der Waals surface area contributed by atoms with Gasteiger partial charge in [-0.2, -0.15) is 9.78 Å². The van der Waals surface area contributed by atoms with E-state index in [4.69, 9.17) is 10.2 Å². The molecule has 3 rings (SSSR count). The first-order valence-electron chi connectivity index (χ1n) is 5.42. The van der Waals surface area contributed by atoms with Gasteiger partial charge in [-0.3, -0.25) is 4.98 Å². The van der Waals surface area contributed by atoms with Gasteiger partial charge in [-0.1, -0.05) is 0 Å². The van der Waals surface area contributed by atoms with Crippen molar-refractivity contribution in [3.63, 3.8) is 0 Å². The Labute approximate surface area is 103 Å². The Balaban J connectivity index is 2.10. The molecule has 0 amide bonds. The lowest BCUT2D eigenvalue weighted by Gasteiger charge is -2.00.